The summed E-state index contributed by atoms with van der Waals surface area (Å²) in [5, 5.41) is 13.2. The number of tetrazole rings is 1. The molecule has 0 amide bonds. The Morgan fingerprint density at radius 3 is 2.62 bits per heavy atom. The fourth-order valence-electron chi connectivity index (χ4n) is 2.76. The molecular formula is C19H18N6S. The van der Waals surface area contributed by atoms with Crippen molar-refractivity contribution in [2.24, 2.45) is 0 Å². The molecule has 0 bridgehead atoms. The molecule has 0 saturated carbocycles. The highest BCUT2D eigenvalue weighted by molar-refractivity contribution is 7.99. The molecule has 0 aliphatic heterocycles. The van der Waals surface area contributed by atoms with Crippen LogP contribution >= 0.6 is 11.8 Å². The summed E-state index contributed by atoms with van der Waals surface area (Å²) in [5.41, 5.74) is 3.26. The summed E-state index contributed by atoms with van der Waals surface area (Å²) in [5.74, 6) is 0.792. The van der Waals surface area contributed by atoms with Gasteiger partial charge in [0, 0.05) is 18.1 Å². The topological polar surface area (TPSA) is 61.4 Å². The van der Waals surface area contributed by atoms with E-state index in [1.807, 2.05) is 42.7 Å². The Morgan fingerprint density at radius 1 is 1.00 bits per heavy atom. The number of hydrogen-bond acceptors (Lipinski definition) is 5. The summed E-state index contributed by atoms with van der Waals surface area (Å²) in [4.78, 5) is 4.52. The Balaban J connectivity index is 1.62. The van der Waals surface area contributed by atoms with Gasteiger partial charge in [-0.15, -0.1) is 5.10 Å². The van der Waals surface area contributed by atoms with E-state index in [0.717, 1.165) is 22.4 Å². The molecule has 0 spiro atoms. The van der Waals surface area contributed by atoms with Gasteiger partial charge in [-0.25, -0.2) is 4.98 Å². The maximum Gasteiger partial charge on any atom is 0.173 e. The molecular weight excluding hydrogens is 344 g/mol. The smallest absolute Gasteiger partial charge is 0.173 e. The maximum atomic E-state index is 4.52. The van der Waals surface area contributed by atoms with Gasteiger partial charge in [0.05, 0.1) is 10.9 Å². The number of benzene rings is 2. The average molecular weight is 362 g/mol. The van der Waals surface area contributed by atoms with Crippen molar-refractivity contribution in [2.45, 2.75) is 24.3 Å². The van der Waals surface area contributed by atoms with Crippen molar-refractivity contribution in [3.8, 4) is 11.4 Å². The van der Waals surface area contributed by atoms with Crippen LogP contribution in [0.4, 0.5) is 0 Å². The van der Waals surface area contributed by atoms with Gasteiger partial charge in [0.15, 0.2) is 11.0 Å². The molecule has 0 unspecified atom stereocenters. The SMILES string of the molecule is Cc1cccc(-n2ccnc2S[C@@H](C)c2nnnn2-c2ccccc2)c1. The Hall–Kier alpha value is -2.93. The van der Waals surface area contributed by atoms with Crippen molar-refractivity contribution in [1.82, 2.24) is 29.8 Å². The average Bonchev–Trinajstić information content (AvgIpc) is 3.32. The lowest BCUT2D eigenvalue weighted by atomic mass is 10.2. The molecule has 2 heterocycles. The van der Waals surface area contributed by atoms with E-state index in [1.165, 1.54) is 5.56 Å². The van der Waals surface area contributed by atoms with Crippen LogP contribution in [0, 0.1) is 6.92 Å². The molecule has 0 radical (unpaired) electrons. The summed E-state index contributed by atoms with van der Waals surface area (Å²) >= 11 is 1.63. The molecule has 0 aliphatic carbocycles. The van der Waals surface area contributed by atoms with Gasteiger partial charge in [0.25, 0.3) is 0 Å². The minimum Gasteiger partial charge on any atom is -0.295 e. The molecule has 4 rings (SSSR count). The first-order valence-corrected chi connectivity index (χ1v) is 9.21. The number of thioether (sulfide) groups is 1. The second-order valence-electron chi connectivity index (χ2n) is 5.96. The number of nitrogens with zero attached hydrogens (tertiary/aromatic N) is 6. The fraction of sp³-hybridized carbons (Fsp3) is 0.158. The van der Waals surface area contributed by atoms with E-state index in [9.17, 15) is 0 Å². The van der Waals surface area contributed by atoms with Crippen LogP contribution in [0.2, 0.25) is 0 Å². The van der Waals surface area contributed by atoms with Crippen molar-refractivity contribution in [2.75, 3.05) is 0 Å². The number of aryl methyl sites for hydroxylation is 1. The monoisotopic (exact) mass is 362 g/mol. The largest absolute Gasteiger partial charge is 0.295 e. The van der Waals surface area contributed by atoms with E-state index in [-0.39, 0.29) is 5.25 Å². The first kappa shape index (κ1) is 16.5. The molecule has 0 N–H and O–H groups in total. The second kappa shape index (κ2) is 7.13. The summed E-state index contributed by atoms with van der Waals surface area (Å²) < 4.78 is 3.86. The van der Waals surface area contributed by atoms with Crippen molar-refractivity contribution in [3.05, 3.63) is 78.4 Å². The zero-order valence-corrected chi connectivity index (χ0v) is 15.3. The summed E-state index contributed by atoms with van der Waals surface area (Å²) in [6.07, 6.45) is 3.79. The van der Waals surface area contributed by atoms with Crippen LogP contribution in [-0.4, -0.2) is 29.8 Å². The Labute approximate surface area is 155 Å². The molecule has 0 fully saturated rings. The lowest BCUT2D eigenvalue weighted by molar-refractivity contribution is 0.761. The Bertz CT molecular complexity index is 1010. The Kier molecular flexibility index (Phi) is 4.53. The number of rotatable bonds is 5. The zero-order chi connectivity index (χ0) is 17.9. The minimum atomic E-state index is 0.0381. The molecule has 0 saturated heterocycles. The summed E-state index contributed by atoms with van der Waals surface area (Å²) in [7, 11) is 0. The highest BCUT2D eigenvalue weighted by atomic mass is 32.2. The van der Waals surface area contributed by atoms with E-state index in [0.29, 0.717) is 0 Å². The quantitative estimate of drug-likeness (QED) is 0.502. The normalized spacial score (nSPS) is 12.2. The van der Waals surface area contributed by atoms with Crippen LogP contribution in [0.5, 0.6) is 0 Å². The lowest BCUT2D eigenvalue weighted by Gasteiger charge is -2.13. The van der Waals surface area contributed by atoms with Crippen LogP contribution in [0.15, 0.2) is 72.1 Å². The highest BCUT2D eigenvalue weighted by Crippen LogP contribution is 2.34. The van der Waals surface area contributed by atoms with Crippen molar-refractivity contribution < 1.29 is 0 Å². The van der Waals surface area contributed by atoms with Gasteiger partial charge in [-0.05, 0) is 54.1 Å². The summed E-state index contributed by atoms with van der Waals surface area (Å²) in [6.45, 7) is 4.18. The number of aromatic nitrogens is 6. The summed E-state index contributed by atoms with van der Waals surface area (Å²) in [6, 6.07) is 18.3. The van der Waals surface area contributed by atoms with Gasteiger partial charge in [-0.1, -0.05) is 42.1 Å². The second-order valence-corrected chi connectivity index (χ2v) is 7.27. The van der Waals surface area contributed by atoms with Gasteiger partial charge in [0.2, 0.25) is 0 Å². The van der Waals surface area contributed by atoms with Gasteiger partial charge >= 0.3 is 0 Å². The predicted molar refractivity (Wildman–Crippen MR) is 102 cm³/mol. The first-order chi connectivity index (χ1) is 12.7. The maximum absolute atomic E-state index is 4.52. The van der Waals surface area contributed by atoms with E-state index in [1.54, 1.807) is 16.4 Å². The number of imidazole rings is 1. The van der Waals surface area contributed by atoms with Crippen molar-refractivity contribution in [1.29, 1.82) is 0 Å². The highest BCUT2D eigenvalue weighted by Gasteiger charge is 2.19. The third kappa shape index (κ3) is 3.25. The first-order valence-electron chi connectivity index (χ1n) is 8.33. The van der Waals surface area contributed by atoms with Crippen LogP contribution in [0.1, 0.15) is 23.6 Å². The van der Waals surface area contributed by atoms with Gasteiger partial charge in [-0.2, -0.15) is 4.68 Å². The van der Waals surface area contributed by atoms with Crippen molar-refractivity contribution in [3.63, 3.8) is 0 Å². The van der Waals surface area contributed by atoms with E-state index < -0.39 is 0 Å². The molecule has 26 heavy (non-hydrogen) atoms. The van der Waals surface area contributed by atoms with Crippen LogP contribution < -0.4 is 0 Å². The molecule has 6 nitrogen and oxygen atoms in total. The van der Waals surface area contributed by atoms with E-state index in [4.69, 9.17) is 0 Å². The minimum absolute atomic E-state index is 0.0381. The lowest BCUT2D eigenvalue weighted by Crippen LogP contribution is -2.06. The van der Waals surface area contributed by atoms with Crippen LogP contribution in [0.25, 0.3) is 11.4 Å². The van der Waals surface area contributed by atoms with E-state index >= 15 is 0 Å². The molecule has 1 atom stereocenters. The number of hydrogen-bond donors (Lipinski definition) is 0. The molecule has 130 valence electrons. The zero-order valence-electron chi connectivity index (χ0n) is 14.5. The number of para-hydroxylation sites is 1. The van der Waals surface area contributed by atoms with Gasteiger partial charge in [-0.3, -0.25) is 4.57 Å². The third-order valence-corrected chi connectivity index (χ3v) is 5.10. The van der Waals surface area contributed by atoms with Crippen LogP contribution in [0.3, 0.4) is 0 Å². The van der Waals surface area contributed by atoms with Gasteiger partial charge < -0.3 is 0 Å². The van der Waals surface area contributed by atoms with Gasteiger partial charge in [0.1, 0.15) is 0 Å². The molecule has 0 aliphatic rings. The molecule has 4 aromatic rings. The van der Waals surface area contributed by atoms with Crippen molar-refractivity contribution >= 4 is 11.8 Å². The Morgan fingerprint density at radius 2 is 1.81 bits per heavy atom. The molecule has 7 heteroatoms. The van der Waals surface area contributed by atoms with Crippen LogP contribution in [-0.2, 0) is 0 Å². The standard InChI is InChI=1S/C19H18N6S/c1-14-7-6-10-17(13-14)24-12-11-20-19(24)26-15(2)18-21-22-23-25(18)16-8-4-3-5-9-16/h3-13,15H,1-2H3/t15-/m0/s1. The third-order valence-electron chi connectivity index (χ3n) is 4.03. The fourth-order valence-corrected chi connectivity index (χ4v) is 3.73. The predicted octanol–water partition coefficient (Wildman–Crippen LogP) is 4.01. The molecule has 2 aromatic heterocycles. The molecule has 2 aromatic carbocycles. The van der Waals surface area contributed by atoms with E-state index in [2.05, 4.69) is 63.2 Å².